The minimum Gasteiger partial charge on any atom is -0.213 e. The summed E-state index contributed by atoms with van der Waals surface area (Å²) >= 11 is 9.52. The van der Waals surface area contributed by atoms with Crippen LogP contribution in [0.15, 0.2) is 0 Å². The molecule has 0 heterocycles. The molecule has 0 saturated carbocycles. The van der Waals surface area contributed by atoms with E-state index in [4.69, 9.17) is 0 Å². The van der Waals surface area contributed by atoms with Crippen molar-refractivity contribution in [3.63, 3.8) is 0 Å². The Morgan fingerprint density at radius 1 is 0.750 bits per heavy atom. The molecule has 0 N–H and O–H groups in total. The van der Waals surface area contributed by atoms with Crippen LogP contribution in [0.5, 0.6) is 0 Å². The highest BCUT2D eigenvalue weighted by molar-refractivity contribution is 9.30. The third-order valence-corrected chi connectivity index (χ3v) is 4.64. The van der Waals surface area contributed by atoms with Crippen LogP contribution in [0.25, 0.3) is 0 Å². The van der Waals surface area contributed by atoms with E-state index in [1.807, 2.05) is 0 Å². The van der Waals surface area contributed by atoms with Crippen molar-refractivity contribution in [3.8, 4) is 0 Å². The van der Waals surface area contributed by atoms with Crippen LogP contribution < -0.4 is 0 Å². The van der Waals surface area contributed by atoms with Crippen molar-refractivity contribution in [1.29, 1.82) is 0 Å². The predicted octanol–water partition coefficient (Wildman–Crippen LogP) is 3.81. The normalized spacial score (nSPS) is 14.2. The summed E-state index contributed by atoms with van der Waals surface area (Å²) in [6.07, 6.45) is 0. The summed E-state index contributed by atoms with van der Waals surface area (Å²) in [5, 5.41) is 0. The van der Waals surface area contributed by atoms with Gasteiger partial charge in [-0.05, 0) is 63.7 Å². The number of rotatable bonds is 1. The highest BCUT2D eigenvalue weighted by atomic mass is 79.9. The van der Waals surface area contributed by atoms with E-state index in [1.54, 1.807) is 0 Å². The number of hydrogen-bond acceptors (Lipinski definition) is 0. The fraction of sp³-hybridized carbons (Fsp3) is 1.00. The molecule has 0 unspecified atom stereocenters. The molecule has 0 aromatic heterocycles. The quantitative estimate of drug-likeness (QED) is 0.606. The van der Waals surface area contributed by atoms with Crippen LogP contribution in [0.2, 0.25) is 0 Å². The predicted molar refractivity (Wildman–Crippen MR) is 43.4 cm³/mol. The van der Waals surface area contributed by atoms with E-state index in [9.17, 15) is 8.78 Å². The van der Waals surface area contributed by atoms with Gasteiger partial charge in [0, 0.05) is 0 Å². The molecule has 0 aromatic carbocycles. The van der Waals surface area contributed by atoms with Gasteiger partial charge in [-0.2, -0.15) is 0 Å². The van der Waals surface area contributed by atoms with Crippen molar-refractivity contribution in [2.24, 2.45) is 0 Å². The summed E-state index contributed by atoms with van der Waals surface area (Å²) in [5.74, 6) is 0. The first-order valence-corrected chi connectivity index (χ1v) is 4.56. The van der Waals surface area contributed by atoms with Gasteiger partial charge in [0.25, 0.3) is 6.97 Å². The highest BCUT2D eigenvalue weighted by Gasteiger charge is 2.46. The molecule has 0 nitrogen and oxygen atoms in total. The molecule has 0 rings (SSSR count). The van der Waals surface area contributed by atoms with Gasteiger partial charge in [0.15, 0.2) is 0 Å². The Balaban J connectivity index is 4.02. The number of alkyl halides is 6. The lowest BCUT2D eigenvalue weighted by Gasteiger charge is -2.17. The third-order valence-electron chi connectivity index (χ3n) is 0.321. The molecular formula is C2Br4F2. The van der Waals surface area contributed by atoms with E-state index < -0.39 is 6.97 Å². The lowest BCUT2D eigenvalue weighted by atomic mass is 10.9. The summed E-state index contributed by atoms with van der Waals surface area (Å²) in [5.41, 5.74) is 0. The molecule has 0 radical (unpaired) electrons. The van der Waals surface area contributed by atoms with Gasteiger partial charge in [-0.3, -0.25) is 0 Å². The maximum absolute atomic E-state index is 12.3. The smallest absolute Gasteiger partial charge is 0.213 e. The molecule has 0 fully saturated rings. The minimum absolute atomic E-state index is 2.27. The molecule has 0 amide bonds. The van der Waals surface area contributed by atoms with Crippen LogP contribution in [-0.4, -0.2) is 6.97 Å². The summed E-state index contributed by atoms with van der Waals surface area (Å²) < 4.78 is 20.0. The maximum atomic E-state index is 12.3. The van der Waals surface area contributed by atoms with Crippen LogP contribution in [0.4, 0.5) is 8.78 Å². The molecular weight excluding hydrogens is 382 g/mol. The lowest BCUT2D eigenvalue weighted by Crippen LogP contribution is -2.23. The zero-order valence-corrected chi connectivity index (χ0v) is 9.61. The van der Waals surface area contributed by atoms with Crippen LogP contribution >= 0.6 is 63.7 Å². The number of halogens is 6. The Bertz CT molecular complexity index is 67.0. The second kappa shape index (κ2) is 2.80. The average molecular weight is 382 g/mol. The molecule has 0 aliphatic heterocycles. The van der Waals surface area contributed by atoms with Gasteiger partial charge >= 0.3 is 0 Å². The molecule has 0 aromatic rings. The Hall–Kier alpha value is 1.78. The molecule has 0 spiro atoms. The van der Waals surface area contributed by atoms with Crippen molar-refractivity contribution >= 4 is 63.7 Å². The maximum Gasteiger partial charge on any atom is 0.272 e. The van der Waals surface area contributed by atoms with Gasteiger partial charge in [-0.25, -0.2) is 8.78 Å². The van der Waals surface area contributed by atoms with Crippen molar-refractivity contribution < 1.29 is 8.78 Å². The molecule has 0 bridgehead atoms. The molecule has 50 valence electrons. The summed E-state index contributed by atoms with van der Waals surface area (Å²) in [7, 11) is 0. The zero-order chi connectivity index (χ0) is 7.00. The van der Waals surface area contributed by atoms with E-state index in [1.165, 1.54) is 0 Å². The molecule has 0 aliphatic rings. The minimum atomic E-state index is -2.27. The van der Waals surface area contributed by atoms with Crippen molar-refractivity contribution in [2.45, 2.75) is 6.97 Å². The Morgan fingerprint density at radius 2 is 0.875 bits per heavy atom. The largest absolute Gasteiger partial charge is 0.272 e. The van der Waals surface area contributed by atoms with Crippen LogP contribution in [0.1, 0.15) is 0 Å². The average Bonchev–Trinajstić information content (AvgIpc) is 1.25. The SMILES string of the molecule is FC(Br)(Br)C(F)(Br)Br. The Morgan fingerprint density at radius 3 is 0.875 bits per heavy atom. The van der Waals surface area contributed by atoms with E-state index in [0.29, 0.717) is 0 Å². The fourth-order valence-electron chi connectivity index (χ4n) is 0. The van der Waals surface area contributed by atoms with E-state index in [-0.39, 0.29) is 0 Å². The Labute approximate surface area is 78.9 Å². The highest BCUT2D eigenvalue weighted by Crippen LogP contribution is 2.50. The molecule has 0 saturated heterocycles. The molecule has 0 aliphatic carbocycles. The lowest BCUT2D eigenvalue weighted by molar-refractivity contribution is 0.285. The second-order valence-corrected chi connectivity index (χ2v) is 7.49. The summed E-state index contributed by atoms with van der Waals surface area (Å²) in [6, 6.07) is 0. The van der Waals surface area contributed by atoms with Crippen molar-refractivity contribution in [1.82, 2.24) is 0 Å². The van der Waals surface area contributed by atoms with Crippen molar-refractivity contribution in [2.75, 3.05) is 0 Å². The first-order valence-electron chi connectivity index (χ1n) is 1.38. The summed E-state index contributed by atoms with van der Waals surface area (Å²) in [6.45, 7) is 0. The van der Waals surface area contributed by atoms with Gasteiger partial charge in [-0.15, -0.1) is 0 Å². The second-order valence-electron chi connectivity index (χ2n) is 0.996. The van der Waals surface area contributed by atoms with Crippen LogP contribution in [-0.2, 0) is 0 Å². The standard InChI is InChI=1S/C2Br4F2/c3-1(4,7)2(5,6)8. The topological polar surface area (TPSA) is 0 Å². The van der Waals surface area contributed by atoms with Gasteiger partial charge in [0.1, 0.15) is 0 Å². The summed E-state index contributed by atoms with van der Waals surface area (Å²) in [4.78, 5) is 0. The van der Waals surface area contributed by atoms with Crippen LogP contribution in [0.3, 0.4) is 0 Å². The first-order chi connectivity index (χ1) is 3.25. The van der Waals surface area contributed by atoms with Gasteiger partial charge in [-0.1, -0.05) is 0 Å². The molecule has 8 heavy (non-hydrogen) atoms. The van der Waals surface area contributed by atoms with E-state index in [2.05, 4.69) is 63.7 Å². The Kier molecular flexibility index (Phi) is 3.42. The van der Waals surface area contributed by atoms with Gasteiger partial charge < -0.3 is 0 Å². The van der Waals surface area contributed by atoms with Crippen LogP contribution in [0, 0.1) is 0 Å². The van der Waals surface area contributed by atoms with Crippen molar-refractivity contribution in [3.05, 3.63) is 0 Å². The van der Waals surface area contributed by atoms with Gasteiger partial charge in [0.05, 0.1) is 0 Å². The van der Waals surface area contributed by atoms with E-state index >= 15 is 0 Å². The molecule has 6 heteroatoms. The number of hydrogen-bond donors (Lipinski definition) is 0. The zero-order valence-electron chi connectivity index (χ0n) is 3.27. The molecule has 0 atom stereocenters. The first kappa shape index (κ1) is 9.78. The van der Waals surface area contributed by atoms with E-state index in [0.717, 1.165) is 0 Å². The monoisotopic (exact) mass is 378 g/mol. The fourth-order valence-corrected chi connectivity index (χ4v) is 0. The third kappa shape index (κ3) is 3.08. The van der Waals surface area contributed by atoms with Gasteiger partial charge in [0.2, 0.25) is 0 Å².